The predicted molar refractivity (Wildman–Crippen MR) is 90.2 cm³/mol. The Morgan fingerprint density at radius 2 is 1.83 bits per heavy atom. The molecule has 3 heteroatoms. The minimum absolute atomic E-state index is 0.0255. The molecule has 0 bridgehead atoms. The summed E-state index contributed by atoms with van der Waals surface area (Å²) in [5.41, 5.74) is 1.02. The van der Waals surface area contributed by atoms with Crippen LogP contribution in [-0.2, 0) is 10.4 Å². The second-order valence-corrected chi connectivity index (χ2v) is 7.82. The predicted octanol–water partition coefficient (Wildman–Crippen LogP) is 3.81. The van der Waals surface area contributed by atoms with Gasteiger partial charge in [0.15, 0.2) is 17.2 Å². The zero-order valence-electron chi connectivity index (χ0n) is 14.5. The van der Waals surface area contributed by atoms with E-state index in [-0.39, 0.29) is 17.5 Å². The van der Waals surface area contributed by atoms with Crippen LogP contribution < -0.4 is 0 Å². The van der Waals surface area contributed by atoms with Crippen LogP contribution in [-0.4, -0.2) is 16.7 Å². The Hall–Kier alpha value is -1.74. The Labute approximate surface area is 137 Å². The van der Waals surface area contributed by atoms with Crippen molar-refractivity contribution in [2.45, 2.75) is 53.1 Å². The van der Waals surface area contributed by atoms with Crippen molar-refractivity contribution in [1.82, 2.24) is 0 Å². The van der Waals surface area contributed by atoms with Gasteiger partial charge in [0.1, 0.15) is 0 Å². The minimum atomic E-state index is -1.63. The van der Waals surface area contributed by atoms with Gasteiger partial charge in [-0.1, -0.05) is 39.8 Å². The fourth-order valence-electron chi connectivity index (χ4n) is 3.95. The Morgan fingerprint density at radius 3 is 2.43 bits per heavy atom. The number of aryl methyl sites for hydroxylation is 1. The minimum Gasteiger partial charge on any atom is -0.376 e. The molecule has 1 atom stereocenters. The van der Waals surface area contributed by atoms with Gasteiger partial charge in [0.2, 0.25) is 0 Å². The van der Waals surface area contributed by atoms with E-state index in [2.05, 4.69) is 0 Å². The maximum atomic E-state index is 13.2. The van der Waals surface area contributed by atoms with Crippen molar-refractivity contribution in [2.24, 2.45) is 11.3 Å². The van der Waals surface area contributed by atoms with E-state index >= 15 is 0 Å². The van der Waals surface area contributed by atoms with Crippen LogP contribution in [0.1, 0.15) is 67.6 Å². The highest BCUT2D eigenvalue weighted by atomic mass is 16.3. The van der Waals surface area contributed by atoms with Crippen LogP contribution >= 0.6 is 0 Å². The van der Waals surface area contributed by atoms with Crippen LogP contribution in [0.4, 0.5) is 0 Å². The first kappa shape index (κ1) is 16.1. The van der Waals surface area contributed by atoms with Gasteiger partial charge in [0.25, 0.3) is 0 Å². The van der Waals surface area contributed by atoms with Crippen molar-refractivity contribution in [3.05, 3.63) is 40.0 Å². The van der Waals surface area contributed by atoms with Gasteiger partial charge in [-0.3, -0.25) is 9.59 Å². The number of Topliss-reactive ketones (excluding diaryl/α,β-unsaturated/α-hetero) is 2. The number of ketones is 2. The summed E-state index contributed by atoms with van der Waals surface area (Å²) in [5, 5.41) is 11.7. The highest BCUT2D eigenvalue weighted by molar-refractivity contribution is 6.13. The third kappa shape index (κ3) is 1.99. The molecule has 1 aromatic rings. The molecular formula is C20H24O3. The molecule has 0 spiro atoms. The molecule has 3 rings (SSSR count). The Balaban J connectivity index is 2.47. The van der Waals surface area contributed by atoms with Gasteiger partial charge in [-0.2, -0.15) is 0 Å². The second-order valence-electron chi connectivity index (χ2n) is 7.82. The molecule has 1 N–H and O–H groups in total. The standard InChI is InChI=1S/C20H24O3/c1-11(2)14-10-13-7-6-12(3)16-15(21)8-9-19(4,5)20(23,17(13)16)18(14)22/h6-7,10-11,23H,8-9H2,1-5H3/t20-/m1/s1. The summed E-state index contributed by atoms with van der Waals surface area (Å²) in [7, 11) is 0. The van der Waals surface area contributed by atoms with Crippen LogP contribution in [0.15, 0.2) is 17.7 Å². The molecule has 0 aromatic heterocycles. The van der Waals surface area contributed by atoms with Crippen LogP contribution in [0.5, 0.6) is 0 Å². The first-order chi connectivity index (χ1) is 10.6. The number of aliphatic hydroxyl groups is 1. The molecule has 1 aromatic carbocycles. The Bertz CT molecular complexity index is 752. The topological polar surface area (TPSA) is 54.4 Å². The van der Waals surface area contributed by atoms with E-state index in [0.29, 0.717) is 29.5 Å². The first-order valence-corrected chi connectivity index (χ1v) is 8.27. The number of rotatable bonds is 1. The smallest absolute Gasteiger partial charge is 0.195 e. The van der Waals surface area contributed by atoms with Gasteiger partial charge in [0.05, 0.1) is 0 Å². The highest BCUT2D eigenvalue weighted by Crippen LogP contribution is 2.53. The number of carbonyl (C=O) groups excluding carboxylic acids is 2. The van der Waals surface area contributed by atoms with Gasteiger partial charge in [0, 0.05) is 28.5 Å². The van der Waals surface area contributed by atoms with Gasteiger partial charge in [-0.05, 0) is 36.5 Å². The largest absolute Gasteiger partial charge is 0.376 e. The molecule has 122 valence electrons. The summed E-state index contributed by atoms with van der Waals surface area (Å²) in [5.74, 6) is -0.191. The van der Waals surface area contributed by atoms with E-state index in [1.54, 1.807) is 0 Å². The van der Waals surface area contributed by atoms with Crippen molar-refractivity contribution >= 4 is 17.6 Å². The van der Waals surface area contributed by atoms with E-state index in [9.17, 15) is 14.7 Å². The maximum Gasteiger partial charge on any atom is 0.195 e. The molecule has 0 saturated carbocycles. The molecule has 0 heterocycles. The first-order valence-electron chi connectivity index (χ1n) is 8.27. The van der Waals surface area contributed by atoms with Crippen LogP contribution in [0.25, 0.3) is 6.08 Å². The highest BCUT2D eigenvalue weighted by Gasteiger charge is 2.57. The molecule has 2 aliphatic carbocycles. The molecule has 0 fully saturated rings. The Kier molecular flexibility index (Phi) is 3.42. The van der Waals surface area contributed by atoms with Crippen LogP contribution in [0.2, 0.25) is 0 Å². The lowest BCUT2D eigenvalue weighted by Gasteiger charge is -2.44. The van der Waals surface area contributed by atoms with Crippen molar-refractivity contribution in [1.29, 1.82) is 0 Å². The molecule has 0 aliphatic heterocycles. The zero-order chi connectivity index (χ0) is 17.2. The molecular weight excluding hydrogens is 288 g/mol. The SMILES string of the molecule is Cc1ccc2c3c1C(=O)CCC(C)(C)[C@]3(O)C(=O)C(C(C)C)=C2. The fourth-order valence-corrected chi connectivity index (χ4v) is 3.95. The molecule has 2 aliphatic rings. The molecule has 23 heavy (non-hydrogen) atoms. The normalized spacial score (nSPS) is 26.0. The third-order valence-electron chi connectivity index (χ3n) is 5.57. The van der Waals surface area contributed by atoms with Crippen molar-refractivity contribution in [3.8, 4) is 0 Å². The zero-order valence-corrected chi connectivity index (χ0v) is 14.5. The number of benzene rings is 1. The average molecular weight is 312 g/mol. The van der Waals surface area contributed by atoms with E-state index in [1.165, 1.54) is 0 Å². The van der Waals surface area contributed by atoms with Gasteiger partial charge in [-0.15, -0.1) is 0 Å². The average Bonchev–Trinajstić information content (AvgIpc) is 2.55. The van der Waals surface area contributed by atoms with Crippen LogP contribution in [0, 0.1) is 18.3 Å². The van der Waals surface area contributed by atoms with Crippen molar-refractivity contribution in [3.63, 3.8) is 0 Å². The summed E-state index contributed by atoms with van der Waals surface area (Å²) in [4.78, 5) is 25.9. The summed E-state index contributed by atoms with van der Waals surface area (Å²) in [6.07, 6.45) is 2.71. The second kappa shape index (κ2) is 4.88. The molecule has 3 nitrogen and oxygen atoms in total. The maximum absolute atomic E-state index is 13.2. The van der Waals surface area contributed by atoms with E-state index < -0.39 is 11.0 Å². The fraction of sp³-hybridized carbons (Fsp3) is 0.500. The molecule has 0 unspecified atom stereocenters. The summed E-state index contributed by atoms with van der Waals surface area (Å²) < 4.78 is 0. The van der Waals surface area contributed by atoms with Crippen molar-refractivity contribution in [2.75, 3.05) is 0 Å². The third-order valence-corrected chi connectivity index (χ3v) is 5.57. The summed E-state index contributed by atoms with van der Waals surface area (Å²) in [6, 6.07) is 3.83. The lowest BCUT2D eigenvalue weighted by atomic mass is 9.61. The van der Waals surface area contributed by atoms with Gasteiger partial charge in [-0.25, -0.2) is 0 Å². The van der Waals surface area contributed by atoms with E-state index in [4.69, 9.17) is 0 Å². The Morgan fingerprint density at radius 1 is 1.17 bits per heavy atom. The van der Waals surface area contributed by atoms with E-state index in [1.807, 2.05) is 52.8 Å². The van der Waals surface area contributed by atoms with Crippen LogP contribution in [0.3, 0.4) is 0 Å². The van der Waals surface area contributed by atoms with Crippen molar-refractivity contribution < 1.29 is 14.7 Å². The summed E-state index contributed by atoms with van der Waals surface area (Å²) >= 11 is 0. The van der Waals surface area contributed by atoms with E-state index in [0.717, 1.165) is 11.1 Å². The molecule has 0 radical (unpaired) electrons. The molecule has 0 amide bonds. The number of carbonyl (C=O) groups is 2. The monoisotopic (exact) mass is 312 g/mol. The van der Waals surface area contributed by atoms with Gasteiger partial charge >= 0.3 is 0 Å². The number of hydrogen-bond donors (Lipinski definition) is 1. The lowest BCUT2D eigenvalue weighted by Crippen LogP contribution is -2.51. The number of hydrogen-bond acceptors (Lipinski definition) is 3. The quantitative estimate of drug-likeness (QED) is 0.858. The lowest BCUT2D eigenvalue weighted by molar-refractivity contribution is -0.150. The van der Waals surface area contributed by atoms with Gasteiger partial charge < -0.3 is 5.11 Å². The molecule has 0 saturated heterocycles. The summed E-state index contributed by atoms with van der Waals surface area (Å²) in [6.45, 7) is 9.58.